The number of halogens is 1. The average molecular weight is 521 g/mol. The van der Waals surface area contributed by atoms with Crippen molar-refractivity contribution in [1.82, 2.24) is 15.3 Å². The summed E-state index contributed by atoms with van der Waals surface area (Å²) < 4.78 is 6.24. The van der Waals surface area contributed by atoms with E-state index in [9.17, 15) is 14.9 Å². The molecule has 34 heavy (non-hydrogen) atoms. The summed E-state index contributed by atoms with van der Waals surface area (Å²) in [6.07, 6.45) is 1.59. The molecule has 0 aliphatic heterocycles. The number of hydrazine groups is 1. The van der Waals surface area contributed by atoms with E-state index in [-0.39, 0.29) is 19.6 Å². The number of amides is 2. The van der Waals surface area contributed by atoms with Crippen molar-refractivity contribution in [2.24, 2.45) is 0 Å². The highest BCUT2D eigenvalue weighted by atomic mass is 79.9. The maximum Gasteiger partial charge on any atom is 0.408 e. The Kier molecular flexibility index (Phi) is 9.06. The molecule has 0 aliphatic carbocycles. The first-order valence-corrected chi connectivity index (χ1v) is 11.5. The first kappa shape index (κ1) is 24.8. The molecule has 1 atom stereocenters. The van der Waals surface area contributed by atoms with Gasteiger partial charge >= 0.3 is 6.09 Å². The molecule has 3 rings (SSSR count). The quantitative estimate of drug-likeness (QED) is 0.252. The number of carbonyl (C=O) groups is 2. The fourth-order valence-corrected chi connectivity index (χ4v) is 3.54. The number of benzene rings is 3. The summed E-state index contributed by atoms with van der Waals surface area (Å²) in [5.41, 5.74) is 2.57. The Morgan fingerprint density at radius 2 is 1.53 bits per heavy atom. The highest BCUT2D eigenvalue weighted by Crippen LogP contribution is 2.14. The molecule has 0 aromatic heterocycles. The first-order chi connectivity index (χ1) is 16.5. The Balaban J connectivity index is 1.71. The molecular formula is C26H25BrN4O3. The van der Waals surface area contributed by atoms with Crippen LogP contribution in [0.5, 0.6) is 0 Å². The normalized spacial score (nSPS) is 11.1. The summed E-state index contributed by atoms with van der Waals surface area (Å²) in [5.74, 6) is -0.431. The summed E-state index contributed by atoms with van der Waals surface area (Å²) in [4.78, 5) is 25.9. The zero-order valence-electron chi connectivity index (χ0n) is 18.7. The van der Waals surface area contributed by atoms with Gasteiger partial charge in [-0.1, -0.05) is 88.7 Å². The van der Waals surface area contributed by atoms with Gasteiger partial charge in [-0.05, 0) is 28.8 Å². The Morgan fingerprint density at radius 1 is 0.941 bits per heavy atom. The summed E-state index contributed by atoms with van der Waals surface area (Å²) in [6.45, 7) is 0.297. The van der Waals surface area contributed by atoms with Gasteiger partial charge in [0.05, 0.1) is 6.54 Å². The average Bonchev–Trinajstić information content (AvgIpc) is 2.87. The molecule has 0 bridgehead atoms. The van der Waals surface area contributed by atoms with Crippen molar-refractivity contribution in [2.45, 2.75) is 25.6 Å². The molecule has 2 amide bonds. The largest absolute Gasteiger partial charge is 0.445 e. The molecule has 0 saturated heterocycles. The van der Waals surface area contributed by atoms with E-state index in [0.717, 1.165) is 21.2 Å². The van der Waals surface area contributed by atoms with Gasteiger partial charge in [0, 0.05) is 17.9 Å². The number of ether oxygens (including phenoxy) is 1. The smallest absolute Gasteiger partial charge is 0.408 e. The predicted octanol–water partition coefficient (Wildman–Crippen LogP) is 4.64. The molecule has 0 fully saturated rings. The lowest BCUT2D eigenvalue weighted by molar-refractivity contribution is -0.143. The van der Waals surface area contributed by atoms with Gasteiger partial charge in [0.25, 0.3) is 5.91 Å². The third kappa shape index (κ3) is 7.36. The van der Waals surface area contributed by atoms with Crippen LogP contribution in [0.15, 0.2) is 89.4 Å². The summed E-state index contributed by atoms with van der Waals surface area (Å²) >= 11 is 3.39. The van der Waals surface area contributed by atoms with Crippen molar-refractivity contribution in [2.75, 3.05) is 7.05 Å². The fourth-order valence-electron chi connectivity index (χ4n) is 3.27. The number of hydrogen-bond acceptors (Lipinski definition) is 5. The molecule has 0 saturated carbocycles. The van der Waals surface area contributed by atoms with Gasteiger partial charge in [0.2, 0.25) is 0 Å². The van der Waals surface area contributed by atoms with Crippen LogP contribution in [-0.2, 0) is 29.1 Å². The van der Waals surface area contributed by atoms with E-state index in [1.54, 1.807) is 0 Å². The van der Waals surface area contributed by atoms with Crippen molar-refractivity contribution < 1.29 is 14.3 Å². The lowest BCUT2D eigenvalue weighted by Crippen LogP contribution is -2.52. The first-order valence-electron chi connectivity index (χ1n) is 10.7. The van der Waals surface area contributed by atoms with Crippen LogP contribution in [0.1, 0.15) is 16.7 Å². The third-order valence-corrected chi connectivity index (χ3v) is 5.66. The second-order valence-corrected chi connectivity index (χ2v) is 8.51. The number of nitrogens with one attached hydrogen (secondary N) is 1. The van der Waals surface area contributed by atoms with Crippen LogP contribution in [-0.4, -0.2) is 35.1 Å². The SMILES string of the molecule is CN(C(=O)[C@H](Cc1ccccc1)NC(=O)OCc1ccccc1)N(C#N)Cc1ccc(Br)cc1. The van der Waals surface area contributed by atoms with Crippen molar-refractivity contribution >= 4 is 27.9 Å². The van der Waals surface area contributed by atoms with E-state index in [1.165, 1.54) is 17.1 Å². The van der Waals surface area contributed by atoms with Crippen molar-refractivity contribution in [1.29, 1.82) is 5.26 Å². The zero-order chi connectivity index (χ0) is 24.3. The van der Waals surface area contributed by atoms with Gasteiger partial charge < -0.3 is 10.1 Å². The summed E-state index contributed by atoms with van der Waals surface area (Å²) in [5, 5.41) is 14.8. The van der Waals surface area contributed by atoms with Crippen LogP contribution in [0.4, 0.5) is 4.79 Å². The van der Waals surface area contributed by atoms with Crippen LogP contribution in [0.2, 0.25) is 0 Å². The molecule has 7 nitrogen and oxygen atoms in total. The molecular weight excluding hydrogens is 496 g/mol. The number of rotatable bonds is 9. The van der Waals surface area contributed by atoms with Crippen LogP contribution in [0.3, 0.4) is 0 Å². The standard InChI is InChI=1S/C26H25BrN4O3/c1-30(31(19-28)17-21-12-14-23(27)15-13-21)25(32)24(16-20-8-4-2-5-9-20)29-26(33)34-18-22-10-6-3-7-11-22/h2-15,24H,16-18H2,1H3,(H,29,33)/t24-/m0/s1. The second-order valence-electron chi connectivity index (χ2n) is 7.59. The van der Waals surface area contributed by atoms with Crippen molar-refractivity contribution in [3.63, 3.8) is 0 Å². The Morgan fingerprint density at radius 3 is 2.12 bits per heavy atom. The molecule has 1 N–H and O–H groups in total. The predicted molar refractivity (Wildman–Crippen MR) is 132 cm³/mol. The fraction of sp³-hybridized carbons (Fsp3) is 0.192. The minimum absolute atomic E-state index is 0.0860. The van der Waals surface area contributed by atoms with E-state index >= 15 is 0 Å². The number of nitrogens with zero attached hydrogens (tertiary/aromatic N) is 3. The second kappa shape index (κ2) is 12.4. The highest BCUT2D eigenvalue weighted by Gasteiger charge is 2.28. The highest BCUT2D eigenvalue weighted by molar-refractivity contribution is 9.10. The number of hydrogen-bond donors (Lipinski definition) is 1. The van der Waals surface area contributed by atoms with E-state index in [4.69, 9.17) is 4.74 Å². The number of nitriles is 1. The minimum atomic E-state index is -0.920. The molecule has 0 radical (unpaired) electrons. The van der Waals surface area contributed by atoms with Crippen LogP contribution in [0, 0.1) is 11.5 Å². The topological polar surface area (TPSA) is 85.7 Å². The lowest BCUT2D eigenvalue weighted by atomic mass is 10.1. The Bertz CT molecular complexity index is 1120. The van der Waals surface area contributed by atoms with Gasteiger partial charge in [-0.2, -0.15) is 5.26 Å². The van der Waals surface area contributed by atoms with Gasteiger partial charge in [0.15, 0.2) is 6.19 Å². The minimum Gasteiger partial charge on any atom is -0.445 e. The molecule has 3 aromatic carbocycles. The Hall–Kier alpha value is -3.83. The number of alkyl carbamates (subject to hydrolysis) is 1. The molecule has 0 aliphatic rings. The van der Waals surface area contributed by atoms with Gasteiger partial charge in [-0.3, -0.25) is 4.79 Å². The lowest BCUT2D eigenvalue weighted by Gasteiger charge is -2.30. The number of likely N-dealkylation sites (N-methyl/N-ethyl adjacent to an activating group) is 1. The molecule has 3 aromatic rings. The molecule has 174 valence electrons. The van der Waals surface area contributed by atoms with Crippen LogP contribution < -0.4 is 5.32 Å². The molecule has 0 spiro atoms. The van der Waals surface area contributed by atoms with Crippen molar-refractivity contribution in [3.8, 4) is 6.19 Å². The number of carbonyl (C=O) groups excluding carboxylic acids is 2. The third-order valence-electron chi connectivity index (χ3n) is 5.13. The Labute approximate surface area is 207 Å². The maximum atomic E-state index is 13.4. The van der Waals surface area contributed by atoms with Gasteiger partial charge in [-0.25, -0.2) is 14.8 Å². The van der Waals surface area contributed by atoms with Crippen LogP contribution in [0.25, 0.3) is 0 Å². The zero-order valence-corrected chi connectivity index (χ0v) is 20.3. The van der Waals surface area contributed by atoms with Gasteiger partial charge in [0.1, 0.15) is 12.6 Å². The molecule has 8 heteroatoms. The van der Waals surface area contributed by atoms with E-state index in [2.05, 4.69) is 21.2 Å². The van der Waals surface area contributed by atoms with E-state index in [0.29, 0.717) is 0 Å². The van der Waals surface area contributed by atoms with E-state index < -0.39 is 18.0 Å². The molecule has 0 unspecified atom stereocenters. The summed E-state index contributed by atoms with van der Waals surface area (Å²) in [7, 11) is 1.51. The van der Waals surface area contributed by atoms with Crippen LogP contribution >= 0.6 is 15.9 Å². The maximum absolute atomic E-state index is 13.4. The van der Waals surface area contributed by atoms with Gasteiger partial charge in [-0.15, -0.1) is 0 Å². The summed E-state index contributed by atoms with van der Waals surface area (Å²) in [6, 6.07) is 25.2. The molecule has 0 heterocycles. The van der Waals surface area contributed by atoms with E-state index in [1.807, 2.05) is 91.1 Å². The van der Waals surface area contributed by atoms with Crippen molar-refractivity contribution in [3.05, 3.63) is 106 Å². The monoisotopic (exact) mass is 520 g/mol.